The Bertz CT molecular complexity index is 1400. The van der Waals surface area contributed by atoms with E-state index in [1.54, 1.807) is 0 Å². The molecule has 1 aromatic heterocycles. The number of rotatable bonds is 4. The number of hydrogen-bond acceptors (Lipinski definition) is 6. The molecule has 2 heterocycles. The highest BCUT2D eigenvalue weighted by Crippen LogP contribution is 2.38. The number of amides is 1. The SMILES string of the molecule is O=C(c1sc2cc([N+](=O)[O-])ccc2c1Cl)N1CCN(S(=O)(=O)c2cc(Cl)c(Cl)cc2Cl)CC1. The molecule has 0 bridgehead atoms. The summed E-state index contributed by atoms with van der Waals surface area (Å²) in [7, 11) is -3.95. The topological polar surface area (TPSA) is 101 Å². The van der Waals surface area contributed by atoms with Gasteiger partial charge in [0, 0.05) is 48.4 Å². The Morgan fingerprint density at radius 1 is 0.970 bits per heavy atom. The van der Waals surface area contributed by atoms with Crippen LogP contribution in [0.1, 0.15) is 9.67 Å². The van der Waals surface area contributed by atoms with Gasteiger partial charge in [-0.15, -0.1) is 11.3 Å². The van der Waals surface area contributed by atoms with Gasteiger partial charge in [-0.25, -0.2) is 8.42 Å². The molecule has 1 saturated heterocycles. The number of nitro benzene ring substituents is 1. The zero-order chi connectivity index (χ0) is 24.1. The molecule has 2 aromatic carbocycles. The number of benzene rings is 2. The third-order valence-corrected chi connectivity index (χ3v) is 9.87. The number of carbonyl (C=O) groups is 1. The lowest BCUT2D eigenvalue weighted by molar-refractivity contribution is -0.384. The maximum atomic E-state index is 13.1. The van der Waals surface area contributed by atoms with Crippen molar-refractivity contribution in [2.45, 2.75) is 4.90 Å². The minimum Gasteiger partial charge on any atom is -0.335 e. The van der Waals surface area contributed by atoms with Gasteiger partial charge in [-0.2, -0.15) is 4.31 Å². The molecule has 0 saturated carbocycles. The second-order valence-electron chi connectivity index (χ2n) is 7.08. The first-order valence-corrected chi connectivity index (χ1v) is 13.1. The monoisotopic (exact) mass is 567 g/mol. The molecule has 0 atom stereocenters. The second kappa shape index (κ2) is 9.18. The van der Waals surface area contributed by atoms with Crippen molar-refractivity contribution in [2.75, 3.05) is 26.2 Å². The molecule has 3 aromatic rings. The van der Waals surface area contributed by atoms with E-state index in [2.05, 4.69) is 0 Å². The number of halogens is 4. The highest BCUT2D eigenvalue weighted by atomic mass is 35.5. The number of piperazine rings is 1. The number of nitrogens with zero attached hydrogens (tertiary/aromatic N) is 3. The molecule has 174 valence electrons. The van der Waals surface area contributed by atoms with Gasteiger partial charge >= 0.3 is 0 Å². The summed E-state index contributed by atoms with van der Waals surface area (Å²) in [5.74, 6) is -0.367. The molecule has 0 N–H and O–H groups in total. The Labute approximate surface area is 212 Å². The highest BCUT2D eigenvalue weighted by Gasteiger charge is 2.33. The van der Waals surface area contributed by atoms with E-state index in [-0.39, 0.29) is 67.6 Å². The van der Waals surface area contributed by atoms with Crippen molar-refractivity contribution in [3.63, 3.8) is 0 Å². The third kappa shape index (κ3) is 4.53. The summed E-state index contributed by atoms with van der Waals surface area (Å²) >= 11 is 25.4. The van der Waals surface area contributed by atoms with E-state index in [1.165, 1.54) is 39.5 Å². The quantitative estimate of drug-likeness (QED) is 0.233. The number of carbonyl (C=O) groups excluding carboxylic acids is 1. The predicted molar refractivity (Wildman–Crippen MR) is 130 cm³/mol. The van der Waals surface area contributed by atoms with E-state index in [4.69, 9.17) is 46.4 Å². The van der Waals surface area contributed by atoms with Gasteiger partial charge in [-0.05, 0) is 18.2 Å². The summed E-state index contributed by atoms with van der Waals surface area (Å²) in [6.07, 6.45) is 0. The van der Waals surface area contributed by atoms with Crippen LogP contribution >= 0.6 is 57.7 Å². The Morgan fingerprint density at radius 2 is 1.61 bits per heavy atom. The maximum absolute atomic E-state index is 13.1. The summed E-state index contributed by atoms with van der Waals surface area (Å²) in [5, 5.41) is 11.9. The molecule has 4 rings (SSSR count). The van der Waals surface area contributed by atoms with Crippen molar-refractivity contribution in [3.8, 4) is 0 Å². The molecule has 0 spiro atoms. The number of nitro groups is 1. The Morgan fingerprint density at radius 3 is 2.24 bits per heavy atom. The molecule has 0 radical (unpaired) electrons. The lowest BCUT2D eigenvalue weighted by Crippen LogP contribution is -2.50. The minimum absolute atomic E-state index is 0.0403. The van der Waals surface area contributed by atoms with Gasteiger partial charge in [0.05, 0.1) is 25.0 Å². The van der Waals surface area contributed by atoms with Gasteiger partial charge in [0.1, 0.15) is 9.77 Å². The first kappa shape index (κ1) is 24.5. The molecule has 1 fully saturated rings. The van der Waals surface area contributed by atoms with Gasteiger partial charge in [0.15, 0.2) is 0 Å². The lowest BCUT2D eigenvalue weighted by Gasteiger charge is -2.34. The van der Waals surface area contributed by atoms with E-state index in [9.17, 15) is 23.3 Å². The third-order valence-electron chi connectivity index (χ3n) is 5.14. The number of fused-ring (bicyclic) bond motifs is 1. The Balaban J connectivity index is 1.53. The first-order chi connectivity index (χ1) is 15.5. The van der Waals surface area contributed by atoms with E-state index in [1.807, 2.05) is 0 Å². The summed E-state index contributed by atoms with van der Waals surface area (Å²) in [5.41, 5.74) is -0.0980. The molecule has 0 aliphatic carbocycles. The van der Waals surface area contributed by atoms with Crippen LogP contribution in [-0.4, -0.2) is 54.6 Å². The van der Waals surface area contributed by atoms with Crippen LogP contribution in [0.4, 0.5) is 5.69 Å². The summed E-state index contributed by atoms with van der Waals surface area (Å²) in [6.45, 7) is 0.334. The van der Waals surface area contributed by atoms with Crippen LogP contribution in [0.15, 0.2) is 35.2 Å². The van der Waals surface area contributed by atoms with Crippen LogP contribution < -0.4 is 0 Å². The maximum Gasteiger partial charge on any atom is 0.270 e. The number of non-ortho nitro benzene ring substituents is 1. The van der Waals surface area contributed by atoms with Gasteiger partial charge < -0.3 is 4.90 Å². The van der Waals surface area contributed by atoms with Crippen molar-refractivity contribution < 1.29 is 18.1 Å². The van der Waals surface area contributed by atoms with Crippen LogP contribution in [-0.2, 0) is 10.0 Å². The molecule has 33 heavy (non-hydrogen) atoms. The van der Waals surface area contributed by atoms with E-state index in [0.29, 0.717) is 10.1 Å². The fourth-order valence-corrected chi connectivity index (χ4v) is 7.33. The highest BCUT2D eigenvalue weighted by molar-refractivity contribution is 7.89. The zero-order valence-electron chi connectivity index (χ0n) is 16.4. The molecular formula is C19H13Cl4N3O5S2. The van der Waals surface area contributed by atoms with Crippen molar-refractivity contribution in [3.05, 3.63) is 65.4 Å². The largest absolute Gasteiger partial charge is 0.335 e. The number of thiophene rings is 1. The molecule has 1 aliphatic heterocycles. The smallest absolute Gasteiger partial charge is 0.270 e. The molecule has 8 nitrogen and oxygen atoms in total. The van der Waals surface area contributed by atoms with Crippen LogP contribution in [0, 0.1) is 10.1 Å². The van der Waals surface area contributed by atoms with Crippen molar-refractivity contribution >= 4 is 89.4 Å². The van der Waals surface area contributed by atoms with Gasteiger partial charge in [-0.3, -0.25) is 14.9 Å². The van der Waals surface area contributed by atoms with Crippen LogP contribution in [0.5, 0.6) is 0 Å². The Kier molecular flexibility index (Phi) is 6.81. The van der Waals surface area contributed by atoms with Gasteiger partial charge in [0.2, 0.25) is 10.0 Å². The minimum atomic E-state index is -3.95. The van der Waals surface area contributed by atoms with E-state index >= 15 is 0 Å². The van der Waals surface area contributed by atoms with Crippen molar-refractivity contribution in [1.82, 2.24) is 9.21 Å². The molecule has 1 aliphatic rings. The Hall–Kier alpha value is -1.66. The summed E-state index contributed by atoms with van der Waals surface area (Å²) in [4.78, 5) is 25.1. The van der Waals surface area contributed by atoms with Crippen molar-refractivity contribution in [2.24, 2.45) is 0 Å². The van der Waals surface area contributed by atoms with E-state index < -0.39 is 14.9 Å². The van der Waals surface area contributed by atoms with Gasteiger partial charge in [0.25, 0.3) is 11.6 Å². The first-order valence-electron chi connectivity index (χ1n) is 9.31. The molecule has 1 amide bonds. The van der Waals surface area contributed by atoms with E-state index in [0.717, 1.165) is 11.3 Å². The predicted octanol–water partition coefficient (Wildman–Crippen LogP) is 5.57. The molecule has 0 unspecified atom stereocenters. The summed E-state index contributed by atoms with van der Waals surface area (Å²) in [6, 6.07) is 6.68. The average Bonchev–Trinajstić information content (AvgIpc) is 3.11. The number of sulfonamides is 1. The van der Waals surface area contributed by atoms with Crippen LogP contribution in [0.3, 0.4) is 0 Å². The molecular weight excluding hydrogens is 556 g/mol. The van der Waals surface area contributed by atoms with Gasteiger partial charge in [-0.1, -0.05) is 46.4 Å². The second-order valence-corrected chi connectivity index (χ2v) is 11.6. The normalized spacial score (nSPS) is 15.2. The fourth-order valence-electron chi connectivity index (χ4n) is 3.42. The van der Waals surface area contributed by atoms with Crippen molar-refractivity contribution in [1.29, 1.82) is 0 Å². The number of hydrogen-bond donors (Lipinski definition) is 0. The lowest BCUT2D eigenvalue weighted by atomic mass is 10.2. The summed E-state index contributed by atoms with van der Waals surface area (Å²) < 4.78 is 27.8. The zero-order valence-corrected chi connectivity index (χ0v) is 21.1. The standard InChI is InChI=1S/C19H13Cl4N3O5S2/c20-12-8-14(22)16(9-13(12)21)33(30,31)25-5-3-24(4-6-25)19(27)18-17(23)11-2-1-10(26(28)29)7-15(11)32-18/h1-2,7-9H,3-6H2. The fraction of sp³-hybridized carbons (Fsp3) is 0.211. The molecule has 14 heteroatoms. The average molecular weight is 569 g/mol. The van der Waals surface area contributed by atoms with Crippen LogP contribution in [0.2, 0.25) is 20.1 Å². The van der Waals surface area contributed by atoms with Crippen LogP contribution in [0.25, 0.3) is 10.1 Å².